The molecule has 1 heteroatoms. The average molecular weight is 215 g/mol. The fourth-order valence-electron chi connectivity index (χ4n) is 2.14. The summed E-state index contributed by atoms with van der Waals surface area (Å²) in [6.07, 6.45) is 2.03. The zero-order chi connectivity index (χ0) is 11.9. The van der Waals surface area contributed by atoms with Crippen LogP contribution in [-0.4, -0.2) is 4.98 Å². The third kappa shape index (κ3) is 1.87. The minimum absolute atomic E-state index is 0.200. The van der Waals surface area contributed by atoms with Crippen molar-refractivity contribution in [1.29, 1.82) is 0 Å². The first-order chi connectivity index (χ1) is 7.39. The van der Waals surface area contributed by atoms with Crippen molar-refractivity contribution in [2.45, 2.75) is 46.0 Å². The highest BCUT2D eigenvalue weighted by Crippen LogP contribution is 2.32. The van der Waals surface area contributed by atoms with E-state index >= 15 is 0 Å². The van der Waals surface area contributed by atoms with Crippen molar-refractivity contribution in [3.8, 4) is 0 Å². The molecule has 0 atom stereocenters. The summed E-state index contributed by atoms with van der Waals surface area (Å²) in [5.41, 5.74) is 4.32. The van der Waals surface area contributed by atoms with E-state index in [2.05, 4.69) is 57.8 Å². The highest BCUT2D eigenvalue weighted by atomic mass is 14.7. The average Bonchev–Trinajstić information content (AvgIpc) is 2.61. The molecule has 1 heterocycles. The lowest BCUT2D eigenvalue weighted by Gasteiger charge is -2.22. The van der Waals surface area contributed by atoms with Gasteiger partial charge in [0.25, 0.3) is 0 Å². The van der Waals surface area contributed by atoms with E-state index in [1.165, 1.54) is 22.0 Å². The van der Waals surface area contributed by atoms with E-state index in [0.717, 1.165) is 0 Å². The number of nitrogens with one attached hydrogen (secondary N) is 1. The predicted molar refractivity (Wildman–Crippen MR) is 71.1 cm³/mol. The number of aromatic nitrogens is 1. The van der Waals surface area contributed by atoms with E-state index in [4.69, 9.17) is 0 Å². The van der Waals surface area contributed by atoms with E-state index in [0.29, 0.717) is 5.92 Å². The number of hydrogen-bond donors (Lipinski definition) is 1. The number of rotatable bonds is 1. The van der Waals surface area contributed by atoms with Gasteiger partial charge in [0.2, 0.25) is 0 Å². The van der Waals surface area contributed by atoms with Crippen molar-refractivity contribution in [3.05, 3.63) is 35.5 Å². The van der Waals surface area contributed by atoms with Gasteiger partial charge in [-0.05, 0) is 34.6 Å². The zero-order valence-corrected chi connectivity index (χ0v) is 10.9. The summed E-state index contributed by atoms with van der Waals surface area (Å²) in [5, 5.41) is 1.36. The van der Waals surface area contributed by atoms with Crippen LogP contribution in [0.2, 0.25) is 0 Å². The lowest BCUT2D eigenvalue weighted by Crippen LogP contribution is -2.12. The Hall–Kier alpha value is -1.24. The SMILES string of the molecule is CC(C)c1cc(C(C)(C)C)c2cc[nH]c2c1. The van der Waals surface area contributed by atoms with Crippen LogP contribution in [0.25, 0.3) is 10.9 Å². The van der Waals surface area contributed by atoms with Crippen LogP contribution in [0, 0.1) is 0 Å². The smallest absolute Gasteiger partial charge is 0.0459 e. The molecule has 2 rings (SSSR count). The summed E-state index contributed by atoms with van der Waals surface area (Å²) in [4.78, 5) is 3.33. The molecule has 2 aromatic rings. The fourth-order valence-corrected chi connectivity index (χ4v) is 2.14. The molecule has 0 aliphatic carbocycles. The van der Waals surface area contributed by atoms with E-state index in [1.807, 2.05) is 6.20 Å². The maximum absolute atomic E-state index is 3.33. The van der Waals surface area contributed by atoms with E-state index in [1.54, 1.807) is 0 Å². The molecule has 0 saturated carbocycles. The second-order valence-electron chi connectivity index (χ2n) is 5.91. The van der Waals surface area contributed by atoms with Crippen LogP contribution in [0.1, 0.15) is 51.7 Å². The standard InChI is InChI=1S/C15H21N/c1-10(2)11-8-13(15(3,4)5)12-6-7-16-14(12)9-11/h6-10,16H,1-5H3. The molecule has 1 nitrogen and oxygen atoms in total. The maximum atomic E-state index is 3.33. The van der Waals surface area contributed by atoms with Crippen molar-refractivity contribution in [1.82, 2.24) is 4.98 Å². The van der Waals surface area contributed by atoms with Gasteiger partial charge in [-0.3, -0.25) is 0 Å². The Morgan fingerprint density at radius 2 is 1.81 bits per heavy atom. The second kappa shape index (κ2) is 3.65. The van der Waals surface area contributed by atoms with Gasteiger partial charge in [0.05, 0.1) is 0 Å². The van der Waals surface area contributed by atoms with Crippen molar-refractivity contribution >= 4 is 10.9 Å². The molecule has 0 unspecified atom stereocenters. The Kier molecular flexibility index (Phi) is 2.57. The number of aromatic amines is 1. The molecule has 86 valence electrons. The molecule has 0 fully saturated rings. The van der Waals surface area contributed by atoms with Crippen molar-refractivity contribution in [3.63, 3.8) is 0 Å². The van der Waals surface area contributed by atoms with Crippen LogP contribution < -0.4 is 0 Å². The van der Waals surface area contributed by atoms with Gasteiger partial charge < -0.3 is 4.98 Å². The van der Waals surface area contributed by atoms with Gasteiger partial charge in [-0.15, -0.1) is 0 Å². The quantitative estimate of drug-likeness (QED) is 0.716. The highest BCUT2D eigenvalue weighted by molar-refractivity contribution is 5.84. The van der Waals surface area contributed by atoms with Crippen LogP contribution in [-0.2, 0) is 5.41 Å². The monoisotopic (exact) mass is 215 g/mol. The van der Waals surface area contributed by atoms with Crippen LogP contribution in [0.3, 0.4) is 0 Å². The lowest BCUT2D eigenvalue weighted by atomic mass is 9.82. The Bertz CT molecular complexity index is 498. The summed E-state index contributed by atoms with van der Waals surface area (Å²) in [7, 11) is 0. The first kappa shape index (κ1) is 11.3. The van der Waals surface area contributed by atoms with Crippen LogP contribution >= 0.6 is 0 Å². The second-order valence-corrected chi connectivity index (χ2v) is 5.91. The van der Waals surface area contributed by atoms with Gasteiger partial charge in [0.15, 0.2) is 0 Å². The Labute approximate surface area is 97.9 Å². The van der Waals surface area contributed by atoms with Crippen molar-refractivity contribution in [2.75, 3.05) is 0 Å². The predicted octanol–water partition coefficient (Wildman–Crippen LogP) is 4.59. The summed E-state index contributed by atoms with van der Waals surface area (Å²) >= 11 is 0. The molecule has 16 heavy (non-hydrogen) atoms. The third-order valence-corrected chi connectivity index (χ3v) is 3.17. The fraction of sp³-hybridized carbons (Fsp3) is 0.467. The minimum atomic E-state index is 0.200. The third-order valence-electron chi connectivity index (χ3n) is 3.17. The first-order valence-electron chi connectivity index (χ1n) is 6.01. The van der Waals surface area contributed by atoms with Crippen LogP contribution in [0.5, 0.6) is 0 Å². The normalized spacial score (nSPS) is 12.6. The van der Waals surface area contributed by atoms with E-state index in [9.17, 15) is 0 Å². The van der Waals surface area contributed by atoms with Crippen LogP contribution in [0.4, 0.5) is 0 Å². The van der Waals surface area contributed by atoms with Crippen molar-refractivity contribution in [2.24, 2.45) is 0 Å². The largest absolute Gasteiger partial charge is 0.361 e. The molecule has 1 aromatic carbocycles. The van der Waals surface area contributed by atoms with Gasteiger partial charge >= 0.3 is 0 Å². The molecular weight excluding hydrogens is 194 g/mol. The Morgan fingerprint density at radius 1 is 1.12 bits per heavy atom. The van der Waals surface area contributed by atoms with Gasteiger partial charge in [-0.1, -0.05) is 40.7 Å². The van der Waals surface area contributed by atoms with E-state index < -0.39 is 0 Å². The number of fused-ring (bicyclic) bond motifs is 1. The molecule has 1 N–H and O–H groups in total. The molecule has 0 spiro atoms. The highest BCUT2D eigenvalue weighted by Gasteiger charge is 2.18. The zero-order valence-electron chi connectivity index (χ0n) is 10.9. The summed E-state index contributed by atoms with van der Waals surface area (Å²) < 4.78 is 0. The minimum Gasteiger partial charge on any atom is -0.361 e. The topological polar surface area (TPSA) is 15.8 Å². The molecule has 1 aromatic heterocycles. The maximum Gasteiger partial charge on any atom is 0.0459 e. The first-order valence-corrected chi connectivity index (χ1v) is 6.01. The summed E-state index contributed by atoms with van der Waals surface area (Å²) in [6.45, 7) is 11.3. The van der Waals surface area contributed by atoms with Gasteiger partial charge in [0, 0.05) is 17.1 Å². The molecule has 0 amide bonds. The summed E-state index contributed by atoms with van der Waals surface area (Å²) in [5.74, 6) is 0.578. The number of benzene rings is 1. The van der Waals surface area contributed by atoms with Crippen molar-refractivity contribution < 1.29 is 0 Å². The van der Waals surface area contributed by atoms with Gasteiger partial charge in [-0.2, -0.15) is 0 Å². The van der Waals surface area contributed by atoms with Gasteiger partial charge in [-0.25, -0.2) is 0 Å². The number of hydrogen-bond acceptors (Lipinski definition) is 0. The Morgan fingerprint density at radius 3 is 2.38 bits per heavy atom. The molecule has 0 bridgehead atoms. The molecule has 0 radical (unpaired) electrons. The molecule has 0 aliphatic heterocycles. The molecule has 0 aliphatic rings. The lowest BCUT2D eigenvalue weighted by molar-refractivity contribution is 0.594. The Balaban J connectivity index is 2.74. The molecule has 0 saturated heterocycles. The van der Waals surface area contributed by atoms with E-state index in [-0.39, 0.29) is 5.41 Å². The van der Waals surface area contributed by atoms with Gasteiger partial charge in [0.1, 0.15) is 0 Å². The van der Waals surface area contributed by atoms with Crippen LogP contribution in [0.15, 0.2) is 24.4 Å². The number of H-pyrrole nitrogens is 1. The molecular formula is C15H21N. The summed E-state index contributed by atoms with van der Waals surface area (Å²) in [6, 6.07) is 6.82.